The number of hydrogen-bond acceptors (Lipinski definition) is 10. The number of carbonyl (C=O) groups excluding carboxylic acids is 3. The van der Waals surface area contributed by atoms with Crippen molar-refractivity contribution in [1.82, 2.24) is 0 Å². The molecule has 69 heavy (non-hydrogen) atoms. The van der Waals surface area contributed by atoms with Crippen LogP contribution in [0.15, 0.2) is 193 Å². The van der Waals surface area contributed by atoms with Gasteiger partial charge in [-0.2, -0.15) is 0 Å². The number of carbonyl (C=O) groups is 4. The van der Waals surface area contributed by atoms with Gasteiger partial charge in [-0.25, -0.2) is 9.59 Å². The molecular weight excluding hydrogens is 877 g/mol. The fraction of sp³-hybridized carbons (Fsp3) is 0.286. The Balaban J connectivity index is 0.000000188. The van der Waals surface area contributed by atoms with Gasteiger partial charge in [-0.3, -0.25) is 19.4 Å². The Morgan fingerprint density at radius 2 is 0.913 bits per heavy atom. The minimum Gasteiger partial charge on any atom is -0.478 e. The summed E-state index contributed by atoms with van der Waals surface area (Å²) in [5.74, 6) is -2.84. The van der Waals surface area contributed by atoms with Gasteiger partial charge in [-0.1, -0.05) is 103 Å². The molecule has 4 aromatic carbocycles. The van der Waals surface area contributed by atoms with E-state index in [9.17, 15) is 24.3 Å². The monoisotopic (exact) mass is 936 g/mol. The van der Waals surface area contributed by atoms with Gasteiger partial charge in [-0.05, 0) is 92.4 Å². The molecule has 4 aliphatic rings. The number of benzene rings is 4. The van der Waals surface area contributed by atoms with Crippen LogP contribution >= 0.6 is 0 Å². The van der Waals surface area contributed by atoms with Gasteiger partial charge in [0.05, 0.1) is 32.5 Å². The predicted molar refractivity (Wildman–Crippen MR) is 265 cm³/mol. The Morgan fingerprint density at radius 3 is 1.28 bits per heavy atom. The molecule has 2 amide bonds. The lowest BCUT2D eigenvalue weighted by atomic mass is 9.93. The molecule has 8 rings (SSSR count). The zero-order chi connectivity index (χ0) is 48.9. The third-order valence-corrected chi connectivity index (χ3v) is 11.1. The Bertz CT molecular complexity index is 2390. The normalized spacial score (nSPS) is 17.9. The number of anilines is 4. The summed E-state index contributed by atoms with van der Waals surface area (Å²) in [6.45, 7) is 5.81. The summed E-state index contributed by atoms with van der Waals surface area (Å²) in [5.41, 5.74) is 5.06. The second-order valence-electron chi connectivity index (χ2n) is 16.5. The molecule has 13 heteroatoms. The number of nitrogens with zero attached hydrogens (tertiary/aromatic N) is 2. The smallest absolute Gasteiger partial charge is 0.331 e. The van der Waals surface area contributed by atoms with E-state index in [1.54, 1.807) is 41.9 Å². The van der Waals surface area contributed by atoms with Crippen molar-refractivity contribution in [3.05, 3.63) is 193 Å². The van der Waals surface area contributed by atoms with E-state index in [0.29, 0.717) is 39.3 Å². The number of hydrogen-bond donors (Lipinski definition) is 2. The van der Waals surface area contributed by atoms with Crippen LogP contribution < -0.4 is 9.80 Å². The van der Waals surface area contributed by atoms with Gasteiger partial charge in [0.2, 0.25) is 0 Å². The first-order valence-corrected chi connectivity index (χ1v) is 23.1. The second kappa shape index (κ2) is 25.9. The van der Waals surface area contributed by atoms with Crippen LogP contribution in [0.5, 0.6) is 0 Å². The van der Waals surface area contributed by atoms with Gasteiger partial charge in [0.1, 0.15) is 6.10 Å². The van der Waals surface area contributed by atoms with Crippen molar-refractivity contribution in [2.75, 3.05) is 36.2 Å². The molecule has 0 saturated carbocycles. The van der Waals surface area contributed by atoms with E-state index in [1.165, 1.54) is 24.3 Å². The van der Waals surface area contributed by atoms with Gasteiger partial charge in [0.15, 0.2) is 11.6 Å². The van der Waals surface area contributed by atoms with Gasteiger partial charge in [0.25, 0.3) is 11.8 Å². The number of esters is 1. The largest absolute Gasteiger partial charge is 0.478 e. The van der Waals surface area contributed by atoms with Crippen molar-refractivity contribution in [2.45, 2.75) is 76.2 Å². The molecule has 360 valence electrons. The molecule has 2 aliphatic heterocycles. The van der Waals surface area contributed by atoms with E-state index >= 15 is 0 Å². The molecule has 0 aromatic heterocycles. The molecule has 0 bridgehead atoms. The third kappa shape index (κ3) is 16.1. The number of rotatable bonds is 13. The van der Waals surface area contributed by atoms with Gasteiger partial charge >= 0.3 is 11.9 Å². The molecule has 2 atom stereocenters. The summed E-state index contributed by atoms with van der Waals surface area (Å²) in [6, 6.07) is 37.7. The summed E-state index contributed by atoms with van der Waals surface area (Å²) in [6.07, 6.45) is 19.4. The van der Waals surface area contributed by atoms with Crippen LogP contribution in [0.1, 0.15) is 52.4 Å². The number of aliphatic hydroxyl groups excluding tert-OH is 1. The van der Waals surface area contributed by atoms with Crippen LogP contribution in [0.2, 0.25) is 0 Å². The summed E-state index contributed by atoms with van der Waals surface area (Å²) in [4.78, 5) is 51.3. The topological polar surface area (TPSA) is 161 Å². The Hall–Kier alpha value is -7.00. The van der Waals surface area contributed by atoms with Crippen molar-refractivity contribution in [1.29, 1.82) is 0 Å². The maximum absolute atomic E-state index is 13.0. The number of ether oxygens (including phenoxy) is 5. The molecule has 0 radical (unpaired) electrons. The third-order valence-electron chi connectivity index (χ3n) is 11.1. The fourth-order valence-electron chi connectivity index (χ4n) is 7.96. The summed E-state index contributed by atoms with van der Waals surface area (Å²) in [5, 5.41) is 17.8. The Labute approximate surface area is 403 Å². The number of para-hydroxylation sites is 4. The van der Waals surface area contributed by atoms with E-state index in [0.717, 1.165) is 65.7 Å². The zero-order valence-electron chi connectivity index (χ0n) is 39.0. The van der Waals surface area contributed by atoms with Crippen molar-refractivity contribution < 1.29 is 53.1 Å². The summed E-state index contributed by atoms with van der Waals surface area (Å²) >= 11 is 0. The van der Waals surface area contributed by atoms with Crippen LogP contribution in [0.4, 0.5) is 22.7 Å². The van der Waals surface area contributed by atoms with E-state index in [4.69, 9.17) is 28.8 Å². The number of aliphatic carboxylic acids is 1. The highest BCUT2D eigenvalue weighted by Gasteiger charge is 2.39. The minimum atomic E-state index is -0.927. The van der Waals surface area contributed by atoms with Gasteiger partial charge in [0, 0.05) is 72.7 Å². The quantitative estimate of drug-likeness (QED) is 0.0970. The van der Waals surface area contributed by atoms with E-state index in [1.807, 2.05) is 127 Å². The highest BCUT2D eigenvalue weighted by molar-refractivity contribution is 6.07. The van der Waals surface area contributed by atoms with Gasteiger partial charge < -0.3 is 33.9 Å². The lowest BCUT2D eigenvalue weighted by Gasteiger charge is -2.30. The molecule has 13 nitrogen and oxygen atoms in total. The number of allylic oxidation sites excluding steroid dienone is 4. The van der Waals surface area contributed by atoms with Gasteiger partial charge in [-0.15, -0.1) is 0 Å². The SMILES string of the molecule is C[C@@H](O)/C=C\C(=O)N(c1ccccc1)c1ccccc1.C[C@H](/C=C\C(=O)N(c1ccccc1)c1ccccc1)OC(=O)/C=C/C1=CCCC2(C1)OCCO2.O=C(O)/C=C/C1=CCCC2(C1)OCCO2. The highest BCUT2D eigenvalue weighted by atomic mass is 16.7. The molecule has 2 heterocycles. The van der Waals surface area contributed by atoms with Crippen molar-refractivity contribution in [2.24, 2.45) is 0 Å². The average Bonchev–Trinajstić information content (AvgIpc) is 4.02. The number of aliphatic hydroxyl groups is 1. The summed E-state index contributed by atoms with van der Waals surface area (Å²) in [7, 11) is 0. The number of carboxylic acid groups (broad SMARTS) is 1. The molecule has 2 saturated heterocycles. The van der Waals surface area contributed by atoms with Crippen LogP contribution in [0.25, 0.3) is 0 Å². The first-order valence-electron chi connectivity index (χ1n) is 23.1. The molecule has 2 fully saturated rings. The van der Waals surface area contributed by atoms with Crippen molar-refractivity contribution in [3.8, 4) is 0 Å². The lowest BCUT2D eigenvalue weighted by Crippen LogP contribution is -2.32. The molecule has 2 spiro atoms. The maximum Gasteiger partial charge on any atom is 0.331 e. The lowest BCUT2D eigenvalue weighted by molar-refractivity contribution is -0.162. The fourth-order valence-corrected chi connectivity index (χ4v) is 7.96. The van der Waals surface area contributed by atoms with Crippen molar-refractivity contribution >= 4 is 46.5 Å². The van der Waals surface area contributed by atoms with E-state index in [2.05, 4.69) is 6.08 Å². The molecular formula is C56H60N2O11. The molecule has 4 aromatic rings. The minimum absolute atomic E-state index is 0.191. The Kier molecular flexibility index (Phi) is 19.3. The predicted octanol–water partition coefficient (Wildman–Crippen LogP) is 10.0. The first-order chi connectivity index (χ1) is 33.4. The number of carboxylic acids is 1. The average molecular weight is 937 g/mol. The van der Waals surface area contributed by atoms with Crippen LogP contribution in [0, 0.1) is 0 Å². The second-order valence-corrected chi connectivity index (χ2v) is 16.5. The van der Waals surface area contributed by atoms with E-state index in [-0.39, 0.29) is 11.8 Å². The van der Waals surface area contributed by atoms with E-state index < -0.39 is 35.7 Å². The highest BCUT2D eigenvalue weighted by Crippen LogP contribution is 2.37. The molecule has 2 N–H and O–H groups in total. The Morgan fingerprint density at radius 1 is 0.551 bits per heavy atom. The maximum atomic E-state index is 13.0. The van der Waals surface area contributed by atoms with Crippen LogP contribution in [-0.2, 0) is 42.9 Å². The zero-order valence-corrected chi connectivity index (χ0v) is 39.0. The molecule has 2 aliphatic carbocycles. The van der Waals surface area contributed by atoms with Crippen LogP contribution in [-0.4, -0.2) is 84.2 Å². The standard InChI is InChI=1S/C28H29NO5.C17H17NO2.C11H14O4/c1-22(34-27(31)17-15-23-9-8-18-28(21-23)32-19-20-33-28)14-16-26(30)29(24-10-4-2-5-11-24)25-12-6-3-7-13-25;1-14(19)12-13-17(20)18(15-8-4-2-5-9-15)16-10-6-3-7-11-16;12-10(13)4-3-9-2-1-5-11(8-9)14-6-7-15-11/h2-7,9-17,22H,8,18-21H2,1H3;2-14,19H,1H3;2-4H,1,5-8H2,(H,12,13)/b16-14-,17-15+;13-12-;4-3+/t22-;14-;/m11./s1. The number of amides is 2. The van der Waals surface area contributed by atoms with Crippen LogP contribution in [0.3, 0.4) is 0 Å². The molecule has 0 unspecified atom stereocenters. The van der Waals surface area contributed by atoms with Crippen molar-refractivity contribution in [3.63, 3.8) is 0 Å². The first kappa shape index (κ1) is 51.4. The summed E-state index contributed by atoms with van der Waals surface area (Å²) < 4.78 is 28.1.